The molecule has 0 saturated carbocycles. The van der Waals surface area contributed by atoms with E-state index in [-0.39, 0.29) is 12.1 Å². The second kappa shape index (κ2) is 11.3. The first-order valence-corrected chi connectivity index (χ1v) is 12.8. The van der Waals surface area contributed by atoms with E-state index in [1.807, 2.05) is 24.3 Å². The van der Waals surface area contributed by atoms with Crippen LogP contribution in [0.1, 0.15) is 39.9 Å². The van der Waals surface area contributed by atoms with Crippen molar-refractivity contribution >= 4 is 5.70 Å². The number of rotatable bonds is 5. The van der Waals surface area contributed by atoms with Crippen LogP contribution in [0, 0.1) is 22.7 Å². The van der Waals surface area contributed by atoms with Gasteiger partial charge >= 0.3 is 0 Å². The summed E-state index contributed by atoms with van der Waals surface area (Å²) in [7, 11) is 0. The van der Waals surface area contributed by atoms with Gasteiger partial charge in [-0.1, -0.05) is 0 Å². The highest BCUT2D eigenvalue weighted by molar-refractivity contribution is 5.71. The van der Waals surface area contributed by atoms with Gasteiger partial charge in [0, 0.05) is 53.6 Å². The van der Waals surface area contributed by atoms with Crippen molar-refractivity contribution in [3.8, 4) is 34.9 Å². The zero-order valence-electron chi connectivity index (χ0n) is 21.4. The van der Waals surface area contributed by atoms with E-state index in [2.05, 4.69) is 42.7 Å². The van der Waals surface area contributed by atoms with Gasteiger partial charge in [0.25, 0.3) is 0 Å². The van der Waals surface area contributed by atoms with E-state index in [1.54, 1.807) is 49.2 Å². The Hall–Kier alpha value is -5.16. The number of nitrogens with zero attached hydrogens (tertiary/aromatic N) is 6. The molecule has 2 unspecified atom stereocenters. The standard InChI is InChI=1S/C30H24N8O2/c31-12-19-6-21(26-16-39-5-4-33-26)10-24(9-19)30-36-14-25(15-37-30)28-18-40-17-27(38-28)22-7-20(13-32)8-23(11-22)29-34-2-1-3-35-29/h1-3,6-11,14-16,27-28,33,38H,4-5,17-18H2. The molecule has 2 aromatic heterocycles. The Bertz CT molecular complexity index is 1640. The van der Waals surface area contributed by atoms with Crippen LogP contribution in [0.5, 0.6) is 0 Å². The number of hydrogen-bond acceptors (Lipinski definition) is 10. The van der Waals surface area contributed by atoms with Crippen molar-refractivity contribution < 1.29 is 9.47 Å². The summed E-state index contributed by atoms with van der Waals surface area (Å²) in [6, 6.07) is 17.1. The Morgan fingerprint density at radius 1 is 0.750 bits per heavy atom. The number of ether oxygens (including phenoxy) is 2. The smallest absolute Gasteiger partial charge is 0.159 e. The minimum atomic E-state index is -0.150. The van der Waals surface area contributed by atoms with Crippen LogP contribution in [0.15, 0.2) is 73.5 Å². The SMILES string of the molecule is N#Cc1cc(C2=COCCN2)cc(-c2ncc(C3COCC(c4cc(C#N)cc(-c5ncccn5)c4)N3)cn2)c1. The molecule has 0 radical (unpaired) electrons. The maximum atomic E-state index is 9.62. The highest BCUT2D eigenvalue weighted by Crippen LogP contribution is 2.29. The minimum Gasteiger partial charge on any atom is -0.497 e. The maximum Gasteiger partial charge on any atom is 0.159 e. The van der Waals surface area contributed by atoms with Gasteiger partial charge in [0.1, 0.15) is 12.9 Å². The van der Waals surface area contributed by atoms with Crippen LogP contribution in [-0.2, 0) is 9.47 Å². The van der Waals surface area contributed by atoms with Crippen molar-refractivity contribution in [3.63, 3.8) is 0 Å². The Morgan fingerprint density at radius 2 is 1.40 bits per heavy atom. The zero-order chi connectivity index (χ0) is 27.3. The molecular formula is C30H24N8O2. The van der Waals surface area contributed by atoms with Crippen LogP contribution in [0.25, 0.3) is 28.5 Å². The molecule has 2 aliphatic rings. The van der Waals surface area contributed by atoms with Crippen LogP contribution in [0.4, 0.5) is 0 Å². The monoisotopic (exact) mass is 528 g/mol. The van der Waals surface area contributed by atoms with Crippen LogP contribution < -0.4 is 10.6 Å². The Labute approximate surface area is 231 Å². The van der Waals surface area contributed by atoms with E-state index < -0.39 is 0 Å². The van der Waals surface area contributed by atoms with E-state index in [0.717, 1.165) is 33.5 Å². The number of nitriles is 2. The van der Waals surface area contributed by atoms with E-state index in [4.69, 9.17) is 9.47 Å². The van der Waals surface area contributed by atoms with Crippen molar-refractivity contribution in [3.05, 3.63) is 101 Å². The van der Waals surface area contributed by atoms with Gasteiger partial charge in [-0.25, -0.2) is 19.9 Å². The second-order valence-corrected chi connectivity index (χ2v) is 9.42. The van der Waals surface area contributed by atoms with E-state index in [9.17, 15) is 10.5 Å². The van der Waals surface area contributed by atoms with Gasteiger partial charge in [-0.3, -0.25) is 5.32 Å². The Balaban J connectivity index is 1.24. The van der Waals surface area contributed by atoms with Crippen molar-refractivity contribution in [2.24, 2.45) is 0 Å². The first kappa shape index (κ1) is 25.1. The highest BCUT2D eigenvalue weighted by Gasteiger charge is 2.26. The first-order valence-electron chi connectivity index (χ1n) is 12.8. The van der Waals surface area contributed by atoms with Crippen LogP contribution >= 0.6 is 0 Å². The lowest BCUT2D eigenvalue weighted by molar-refractivity contribution is 0.0446. The third-order valence-corrected chi connectivity index (χ3v) is 6.72. The quantitative estimate of drug-likeness (QED) is 0.394. The number of morpholine rings is 1. The van der Waals surface area contributed by atoms with Gasteiger partial charge in [0.05, 0.1) is 54.3 Å². The minimum absolute atomic E-state index is 0.148. The Kier molecular flexibility index (Phi) is 7.10. The number of nitrogens with one attached hydrogen (secondary N) is 2. The molecular weight excluding hydrogens is 504 g/mol. The second-order valence-electron chi connectivity index (χ2n) is 9.42. The van der Waals surface area contributed by atoms with Gasteiger partial charge in [-0.05, 0) is 48.0 Å². The average molecular weight is 529 g/mol. The number of aromatic nitrogens is 4. The molecule has 0 bridgehead atoms. The van der Waals surface area contributed by atoms with Crippen molar-refractivity contribution in [1.29, 1.82) is 10.5 Å². The summed E-state index contributed by atoms with van der Waals surface area (Å²) in [5.74, 6) is 1.08. The topological polar surface area (TPSA) is 142 Å². The molecule has 0 spiro atoms. The summed E-state index contributed by atoms with van der Waals surface area (Å²) in [5, 5.41) is 26.1. The molecule has 196 valence electrons. The van der Waals surface area contributed by atoms with Crippen molar-refractivity contribution in [1.82, 2.24) is 30.6 Å². The van der Waals surface area contributed by atoms with Gasteiger partial charge in [-0.15, -0.1) is 0 Å². The maximum absolute atomic E-state index is 9.62. The average Bonchev–Trinajstić information content (AvgIpc) is 3.05. The lowest BCUT2D eigenvalue weighted by Crippen LogP contribution is -2.38. The molecule has 2 atom stereocenters. The molecule has 1 saturated heterocycles. The highest BCUT2D eigenvalue weighted by atomic mass is 16.5. The molecule has 10 heteroatoms. The van der Waals surface area contributed by atoms with E-state index >= 15 is 0 Å². The fraction of sp³-hybridized carbons (Fsp3) is 0.200. The van der Waals surface area contributed by atoms with Crippen molar-refractivity contribution in [2.75, 3.05) is 26.4 Å². The molecule has 0 amide bonds. The molecule has 0 aliphatic carbocycles. The molecule has 10 nitrogen and oxygen atoms in total. The van der Waals surface area contributed by atoms with Crippen LogP contribution in [-0.4, -0.2) is 46.3 Å². The van der Waals surface area contributed by atoms with Gasteiger partial charge < -0.3 is 14.8 Å². The number of benzene rings is 2. The molecule has 40 heavy (non-hydrogen) atoms. The lowest BCUT2D eigenvalue weighted by Gasteiger charge is -2.31. The molecule has 1 fully saturated rings. The predicted molar refractivity (Wildman–Crippen MR) is 146 cm³/mol. The largest absolute Gasteiger partial charge is 0.497 e. The third kappa shape index (κ3) is 5.36. The summed E-state index contributed by atoms with van der Waals surface area (Å²) < 4.78 is 11.4. The van der Waals surface area contributed by atoms with Gasteiger partial charge in [-0.2, -0.15) is 10.5 Å². The third-order valence-electron chi connectivity index (χ3n) is 6.72. The molecule has 4 aromatic rings. The predicted octanol–water partition coefficient (Wildman–Crippen LogP) is 3.66. The molecule has 2 aromatic carbocycles. The summed E-state index contributed by atoms with van der Waals surface area (Å²) in [4.78, 5) is 17.9. The fourth-order valence-corrected chi connectivity index (χ4v) is 4.76. The first-order chi connectivity index (χ1) is 19.7. The Morgan fingerprint density at radius 3 is 2.10 bits per heavy atom. The molecule has 2 N–H and O–H groups in total. The summed E-state index contributed by atoms with van der Waals surface area (Å²) in [6.07, 6.45) is 8.58. The molecule has 2 aliphatic heterocycles. The lowest BCUT2D eigenvalue weighted by atomic mass is 9.98. The van der Waals surface area contributed by atoms with Crippen LogP contribution in [0.3, 0.4) is 0 Å². The van der Waals surface area contributed by atoms with Gasteiger partial charge in [0.2, 0.25) is 0 Å². The molecule has 4 heterocycles. The van der Waals surface area contributed by atoms with E-state index in [0.29, 0.717) is 49.1 Å². The van der Waals surface area contributed by atoms with Gasteiger partial charge in [0.15, 0.2) is 11.6 Å². The summed E-state index contributed by atoms with van der Waals surface area (Å²) in [6.45, 7) is 2.21. The van der Waals surface area contributed by atoms with E-state index in [1.165, 1.54) is 0 Å². The van der Waals surface area contributed by atoms with Crippen molar-refractivity contribution in [2.45, 2.75) is 12.1 Å². The van der Waals surface area contributed by atoms with Crippen LogP contribution in [0.2, 0.25) is 0 Å². The zero-order valence-corrected chi connectivity index (χ0v) is 21.4. The molecule has 6 rings (SSSR count). The fourth-order valence-electron chi connectivity index (χ4n) is 4.76. The summed E-state index contributed by atoms with van der Waals surface area (Å²) >= 11 is 0. The normalized spacial score (nSPS) is 18.4. The number of hydrogen-bond donors (Lipinski definition) is 2. The summed E-state index contributed by atoms with van der Waals surface area (Å²) in [5.41, 5.74) is 6.00.